The summed E-state index contributed by atoms with van der Waals surface area (Å²) in [4.78, 5) is 36.0. The molecule has 0 bridgehead atoms. The molecule has 0 spiro atoms. The standard InChI is InChI=1S/C53H83N9O11S2/c1-4-5-10-47-59-49-50(51-45(58-52(49)54)38-46(74-51)44-14-17-60(2)18-15-44)62(47)41-42-12-19-61(20-13-42)21-23-67-25-27-69-29-31-71-33-35-73-37-36-72-34-32-70-30-28-68-26-24-66-22-16-55-48(63)11-8-6-7-9-43-39-56-53(57-40-43)75(3,64)65/h38-40,42,44H,4-6,8,10-37,41H2,1-3H3,(H2,54,58)(H,55,63). The van der Waals surface area contributed by atoms with Crippen molar-refractivity contribution in [1.29, 1.82) is 0 Å². The number of ether oxygens (including phenoxy) is 8. The largest absolute Gasteiger partial charge is 0.382 e. The number of nitrogens with two attached hydrogens (primary N) is 1. The summed E-state index contributed by atoms with van der Waals surface area (Å²) < 4.78 is 71.6. The van der Waals surface area contributed by atoms with Gasteiger partial charge in [0.25, 0.3) is 0 Å². The van der Waals surface area contributed by atoms with Gasteiger partial charge in [-0.05, 0) is 89.7 Å². The van der Waals surface area contributed by atoms with E-state index < -0.39 is 9.84 Å². The average molecular weight is 1090 g/mol. The van der Waals surface area contributed by atoms with E-state index >= 15 is 0 Å². The summed E-state index contributed by atoms with van der Waals surface area (Å²) in [7, 11) is -1.23. The molecular weight excluding hydrogens is 1000 g/mol. The molecule has 6 rings (SSSR count). The van der Waals surface area contributed by atoms with Crippen LogP contribution in [0.15, 0.2) is 23.6 Å². The first kappa shape index (κ1) is 60.3. The van der Waals surface area contributed by atoms with Crippen molar-refractivity contribution in [2.75, 3.05) is 164 Å². The Morgan fingerprint density at radius 3 is 1.89 bits per heavy atom. The molecule has 0 saturated carbocycles. The van der Waals surface area contributed by atoms with Gasteiger partial charge in [0.2, 0.25) is 20.9 Å². The number of likely N-dealkylation sites (tertiary alicyclic amines) is 2. The third-order valence-corrected chi connectivity index (χ3v) is 15.3. The Bertz CT molecular complexity index is 2430. The Morgan fingerprint density at radius 2 is 1.33 bits per heavy atom. The zero-order valence-electron chi connectivity index (χ0n) is 44.7. The van der Waals surface area contributed by atoms with Crippen molar-refractivity contribution in [3.63, 3.8) is 0 Å². The third kappa shape index (κ3) is 21.8. The number of carbonyl (C=O) groups excluding carboxylic acids is 1. The minimum Gasteiger partial charge on any atom is -0.382 e. The zero-order valence-corrected chi connectivity index (χ0v) is 46.4. The number of hydrogen-bond acceptors (Lipinski definition) is 19. The maximum Gasteiger partial charge on any atom is 0.246 e. The van der Waals surface area contributed by atoms with Gasteiger partial charge in [-0.3, -0.25) is 4.79 Å². The van der Waals surface area contributed by atoms with Crippen LogP contribution in [0, 0.1) is 17.8 Å². The molecule has 2 aliphatic rings. The molecule has 75 heavy (non-hydrogen) atoms. The van der Waals surface area contributed by atoms with E-state index in [1.165, 1.54) is 40.3 Å². The highest BCUT2D eigenvalue weighted by Gasteiger charge is 2.26. The van der Waals surface area contributed by atoms with Crippen molar-refractivity contribution in [2.45, 2.75) is 88.8 Å². The number of nitrogens with zero attached hydrogens (tertiary/aromatic N) is 7. The molecule has 0 aliphatic carbocycles. The normalized spacial score (nSPS) is 15.3. The Balaban J connectivity index is 0.670. The molecule has 6 heterocycles. The molecule has 22 heteroatoms. The Morgan fingerprint density at radius 1 is 0.773 bits per heavy atom. The maximum absolute atomic E-state index is 12.0. The Hall–Kier alpha value is -3.96. The predicted molar refractivity (Wildman–Crippen MR) is 290 cm³/mol. The zero-order chi connectivity index (χ0) is 52.9. The van der Waals surface area contributed by atoms with Gasteiger partial charge >= 0.3 is 0 Å². The van der Waals surface area contributed by atoms with Crippen LogP contribution < -0.4 is 11.1 Å². The van der Waals surface area contributed by atoms with Crippen LogP contribution >= 0.6 is 11.3 Å². The van der Waals surface area contributed by atoms with E-state index in [2.05, 4.69) is 61.5 Å². The smallest absolute Gasteiger partial charge is 0.246 e. The number of hydrogen-bond donors (Lipinski definition) is 2. The van der Waals surface area contributed by atoms with Gasteiger partial charge in [0.15, 0.2) is 5.82 Å². The van der Waals surface area contributed by atoms with Crippen LogP contribution in [-0.4, -0.2) is 207 Å². The fraction of sp³-hybridized carbons (Fsp3) is 0.717. The number of piperidine rings is 2. The first-order valence-corrected chi connectivity index (χ1v) is 29.7. The Labute approximate surface area is 448 Å². The van der Waals surface area contributed by atoms with Crippen LogP contribution in [0.1, 0.15) is 86.9 Å². The third-order valence-electron chi connectivity index (χ3n) is 13.1. The molecule has 1 amide bonds. The summed E-state index contributed by atoms with van der Waals surface area (Å²) >= 11 is 1.93. The number of pyridine rings is 1. The van der Waals surface area contributed by atoms with Crippen LogP contribution in [0.2, 0.25) is 0 Å². The predicted octanol–water partition coefficient (Wildman–Crippen LogP) is 4.76. The van der Waals surface area contributed by atoms with Gasteiger partial charge in [0, 0.05) is 62.4 Å². The lowest BCUT2D eigenvalue weighted by molar-refractivity contribution is -0.121. The van der Waals surface area contributed by atoms with Crippen molar-refractivity contribution in [1.82, 2.24) is 39.6 Å². The van der Waals surface area contributed by atoms with E-state index in [9.17, 15) is 13.2 Å². The highest BCUT2D eigenvalue weighted by molar-refractivity contribution is 7.90. The minimum atomic E-state index is -3.45. The number of carbonyl (C=O) groups is 1. The topological polar surface area (TPSA) is 226 Å². The van der Waals surface area contributed by atoms with E-state index in [4.69, 9.17) is 53.6 Å². The van der Waals surface area contributed by atoms with E-state index in [0.29, 0.717) is 155 Å². The SMILES string of the molecule is CCCCc1nc2c(N)nc3cc(C4CCN(C)CC4)sc3c2n1CC1CCN(CCOCCOCCOCCOCCOCCOCCOCCOCCNC(=O)CCCC#Cc2cnc(S(C)(=O)=O)nc2)CC1. The molecule has 3 N–H and O–H groups in total. The molecule has 4 aromatic heterocycles. The van der Waals surface area contributed by atoms with E-state index in [1.807, 2.05) is 11.3 Å². The quantitative estimate of drug-likeness (QED) is 0.0353. The molecule has 418 valence electrons. The van der Waals surface area contributed by atoms with Gasteiger partial charge in [-0.1, -0.05) is 25.2 Å². The number of amides is 1. The van der Waals surface area contributed by atoms with Crippen LogP contribution in [0.5, 0.6) is 0 Å². The number of aromatic nitrogens is 5. The summed E-state index contributed by atoms with van der Waals surface area (Å²) in [6.45, 7) is 16.9. The second-order valence-corrected chi connectivity index (χ2v) is 22.1. The summed E-state index contributed by atoms with van der Waals surface area (Å²) in [5.41, 5.74) is 10.3. The van der Waals surface area contributed by atoms with Crippen molar-refractivity contribution in [3.8, 4) is 11.8 Å². The molecule has 20 nitrogen and oxygen atoms in total. The van der Waals surface area contributed by atoms with Crippen LogP contribution in [0.3, 0.4) is 0 Å². The molecule has 2 fully saturated rings. The molecule has 0 unspecified atom stereocenters. The second-order valence-electron chi connectivity index (χ2n) is 19.1. The molecule has 0 atom stereocenters. The number of imidazole rings is 1. The molecule has 2 saturated heterocycles. The first-order valence-electron chi connectivity index (χ1n) is 27.0. The molecule has 2 aliphatic heterocycles. The van der Waals surface area contributed by atoms with Gasteiger partial charge in [0.1, 0.15) is 11.3 Å². The monoisotopic (exact) mass is 1090 g/mol. The van der Waals surface area contributed by atoms with Crippen molar-refractivity contribution >= 4 is 54.1 Å². The number of thiophene rings is 1. The summed E-state index contributed by atoms with van der Waals surface area (Å²) in [6.07, 6.45) is 13.1. The molecule has 0 radical (unpaired) electrons. The fourth-order valence-corrected chi connectivity index (χ4v) is 10.7. The van der Waals surface area contributed by atoms with Gasteiger partial charge in [-0.2, -0.15) is 0 Å². The summed E-state index contributed by atoms with van der Waals surface area (Å²) in [5, 5.41) is 2.58. The van der Waals surface area contributed by atoms with Crippen molar-refractivity contribution < 1.29 is 51.1 Å². The number of fused-ring (bicyclic) bond motifs is 3. The number of nitrogen functional groups attached to an aromatic ring is 1. The molecule has 0 aromatic carbocycles. The van der Waals surface area contributed by atoms with E-state index in [1.54, 1.807) is 0 Å². The van der Waals surface area contributed by atoms with E-state index in [-0.39, 0.29) is 11.1 Å². The second kappa shape index (κ2) is 34.0. The summed E-state index contributed by atoms with van der Waals surface area (Å²) in [6, 6.07) is 2.31. The number of aryl methyl sites for hydroxylation is 1. The van der Waals surface area contributed by atoms with Crippen molar-refractivity contribution in [3.05, 3.63) is 34.7 Å². The van der Waals surface area contributed by atoms with Crippen LogP contribution in [0.4, 0.5) is 5.82 Å². The van der Waals surface area contributed by atoms with Crippen molar-refractivity contribution in [2.24, 2.45) is 5.92 Å². The Kier molecular flexibility index (Phi) is 27.4. The van der Waals surface area contributed by atoms with Crippen LogP contribution in [-0.2, 0) is 65.5 Å². The fourth-order valence-electron chi connectivity index (χ4n) is 8.87. The number of rotatable bonds is 37. The highest BCUT2D eigenvalue weighted by Crippen LogP contribution is 2.40. The number of sulfone groups is 1. The summed E-state index contributed by atoms with van der Waals surface area (Å²) in [5.74, 6) is 8.63. The number of anilines is 1. The number of unbranched alkanes of at least 4 members (excludes halogenated alkanes) is 2. The maximum atomic E-state index is 12.0. The highest BCUT2D eigenvalue weighted by atomic mass is 32.2. The van der Waals surface area contributed by atoms with Gasteiger partial charge in [-0.15, -0.1) is 11.3 Å². The molecule has 4 aromatic rings. The molecular formula is C53H83N9O11S2. The number of nitrogens with one attached hydrogen (secondary N) is 1. The first-order chi connectivity index (χ1) is 36.6. The van der Waals surface area contributed by atoms with Crippen LogP contribution in [0.25, 0.3) is 21.3 Å². The van der Waals surface area contributed by atoms with Gasteiger partial charge in [0.05, 0.1) is 127 Å². The average Bonchev–Trinajstić information content (AvgIpc) is 3.99. The lowest BCUT2D eigenvalue weighted by Crippen LogP contribution is -2.37. The minimum absolute atomic E-state index is 0.0741. The van der Waals surface area contributed by atoms with Gasteiger partial charge in [-0.25, -0.2) is 28.4 Å². The van der Waals surface area contributed by atoms with Gasteiger partial charge < -0.3 is 63.3 Å². The lowest BCUT2D eigenvalue weighted by Gasteiger charge is -2.32. The lowest BCUT2D eigenvalue weighted by atomic mass is 9.95. The van der Waals surface area contributed by atoms with E-state index in [0.717, 1.165) is 94.5 Å².